The molecule has 5 nitrogen and oxygen atoms in total. The molecule has 1 saturated heterocycles. The van der Waals surface area contributed by atoms with Crippen LogP contribution in [0.25, 0.3) is 0 Å². The summed E-state index contributed by atoms with van der Waals surface area (Å²) in [5.41, 5.74) is 0.798. The van der Waals surface area contributed by atoms with Crippen molar-refractivity contribution >= 4 is 6.09 Å². The molecule has 80 valence electrons. The number of likely N-dealkylation sites (tertiary alicyclic amines) is 1. The van der Waals surface area contributed by atoms with Gasteiger partial charge in [-0.2, -0.15) is 0 Å². The maximum atomic E-state index is 10.8. The zero-order chi connectivity index (χ0) is 10.6. The Morgan fingerprint density at radius 3 is 3.00 bits per heavy atom. The van der Waals surface area contributed by atoms with E-state index in [1.807, 2.05) is 4.90 Å². The molecule has 2 N–H and O–H groups in total. The topological polar surface area (TPSA) is 61.8 Å². The molecular formula is C9H16N2O3. The lowest BCUT2D eigenvalue weighted by Gasteiger charge is -2.20. The van der Waals surface area contributed by atoms with Gasteiger partial charge in [-0.25, -0.2) is 4.79 Å². The lowest BCUT2D eigenvalue weighted by atomic mass is 10.3. The fraction of sp³-hybridized carbons (Fsp3) is 0.667. The van der Waals surface area contributed by atoms with Gasteiger partial charge >= 0.3 is 6.09 Å². The highest BCUT2D eigenvalue weighted by molar-refractivity contribution is 5.67. The van der Waals surface area contributed by atoms with E-state index in [0.717, 1.165) is 18.7 Å². The fourth-order valence-corrected chi connectivity index (χ4v) is 1.39. The third-order valence-electron chi connectivity index (χ3n) is 2.23. The number of carbonyl (C=O) groups is 1. The smallest absolute Gasteiger partial charge is 0.407 e. The van der Waals surface area contributed by atoms with Crippen molar-refractivity contribution in [3.8, 4) is 0 Å². The number of methoxy groups -OCH3 is 1. The molecule has 0 aromatic heterocycles. The average molecular weight is 200 g/mol. The van der Waals surface area contributed by atoms with E-state index in [1.54, 1.807) is 0 Å². The van der Waals surface area contributed by atoms with Gasteiger partial charge in [0, 0.05) is 18.8 Å². The Morgan fingerprint density at radius 1 is 1.79 bits per heavy atom. The first-order valence-corrected chi connectivity index (χ1v) is 4.56. The highest BCUT2D eigenvalue weighted by Gasteiger charge is 2.20. The second-order valence-corrected chi connectivity index (χ2v) is 3.30. The lowest BCUT2D eigenvalue weighted by molar-refractivity contribution is 0.170. The normalized spacial score (nSPS) is 20.7. The monoisotopic (exact) mass is 200 g/mol. The van der Waals surface area contributed by atoms with Crippen LogP contribution in [0.5, 0.6) is 0 Å². The molecule has 1 aliphatic rings. The van der Waals surface area contributed by atoms with Crippen LogP contribution in [0.1, 0.15) is 6.42 Å². The Bertz CT molecular complexity index is 230. The van der Waals surface area contributed by atoms with Crippen molar-refractivity contribution in [2.45, 2.75) is 12.5 Å². The van der Waals surface area contributed by atoms with Gasteiger partial charge in [0.15, 0.2) is 0 Å². The van der Waals surface area contributed by atoms with Crippen molar-refractivity contribution in [1.82, 2.24) is 10.2 Å². The third kappa shape index (κ3) is 2.92. The molecule has 1 fully saturated rings. The van der Waals surface area contributed by atoms with Gasteiger partial charge < -0.3 is 20.1 Å². The molecule has 14 heavy (non-hydrogen) atoms. The maximum Gasteiger partial charge on any atom is 0.407 e. The molecule has 0 spiro atoms. The van der Waals surface area contributed by atoms with Gasteiger partial charge in [0.2, 0.25) is 0 Å². The molecule has 0 radical (unpaired) electrons. The van der Waals surface area contributed by atoms with E-state index in [9.17, 15) is 9.90 Å². The molecule has 0 aromatic rings. The molecular weight excluding hydrogens is 184 g/mol. The van der Waals surface area contributed by atoms with Gasteiger partial charge in [0.25, 0.3) is 0 Å². The summed E-state index contributed by atoms with van der Waals surface area (Å²) in [5, 5.41) is 11.8. The van der Waals surface area contributed by atoms with Gasteiger partial charge in [-0.05, 0) is 6.42 Å². The molecule has 1 heterocycles. The Labute approximate surface area is 83.3 Å². The number of hydrogen-bond donors (Lipinski definition) is 2. The quantitative estimate of drug-likeness (QED) is 0.669. The third-order valence-corrected chi connectivity index (χ3v) is 2.23. The van der Waals surface area contributed by atoms with E-state index in [4.69, 9.17) is 0 Å². The largest absolute Gasteiger partial charge is 0.453 e. The Morgan fingerprint density at radius 2 is 2.50 bits per heavy atom. The summed E-state index contributed by atoms with van der Waals surface area (Å²) in [6, 6.07) is 0. The molecule has 1 rings (SSSR count). The molecule has 1 aliphatic heterocycles. The number of rotatable bonds is 3. The van der Waals surface area contributed by atoms with Crippen molar-refractivity contribution in [2.75, 3.05) is 26.7 Å². The minimum absolute atomic E-state index is 0.273. The highest BCUT2D eigenvalue weighted by Crippen LogP contribution is 2.13. The number of nitrogens with zero attached hydrogens (tertiary/aromatic N) is 1. The number of ether oxygens (including phenoxy) is 1. The molecule has 0 bridgehead atoms. The summed E-state index contributed by atoms with van der Waals surface area (Å²) in [6.07, 6.45) is 0.0211. The standard InChI is InChI=1S/C9H16N2O3/c1-7(5-10-9(13)14-2)11-4-3-8(12)6-11/h8,12H,1,3-6H2,2H3,(H,10,13). The molecule has 0 saturated carbocycles. The predicted molar refractivity (Wildman–Crippen MR) is 51.7 cm³/mol. The summed E-state index contributed by atoms with van der Waals surface area (Å²) in [7, 11) is 1.32. The first-order valence-electron chi connectivity index (χ1n) is 4.56. The fourth-order valence-electron chi connectivity index (χ4n) is 1.39. The number of alkyl carbamates (subject to hydrolysis) is 1. The first-order chi connectivity index (χ1) is 6.63. The van der Waals surface area contributed by atoms with Crippen molar-refractivity contribution in [2.24, 2.45) is 0 Å². The number of nitrogens with one attached hydrogen (secondary N) is 1. The van der Waals surface area contributed by atoms with Crippen molar-refractivity contribution in [1.29, 1.82) is 0 Å². The van der Waals surface area contributed by atoms with Crippen molar-refractivity contribution < 1.29 is 14.6 Å². The zero-order valence-corrected chi connectivity index (χ0v) is 8.32. The minimum atomic E-state index is -0.467. The molecule has 0 aliphatic carbocycles. The van der Waals surface area contributed by atoms with Crippen LogP contribution >= 0.6 is 0 Å². The molecule has 1 amide bonds. The predicted octanol–water partition coefficient (Wildman–Crippen LogP) is -0.0773. The minimum Gasteiger partial charge on any atom is -0.453 e. The van der Waals surface area contributed by atoms with Crippen LogP contribution in [0, 0.1) is 0 Å². The van der Waals surface area contributed by atoms with Gasteiger partial charge in [0.1, 0.15) is 0 Å². The maximum absolute atomic E-state index is 10.8. The summed E-state index contributed by atoms with van der Waals surface area (Å²) in [6.45, 7) is 5.58. The molecule has 5 heteroatoms. The lowest BCUT2D eigenvalue weighted by Crippen LogP contribution is -2.31. The number of amides is 1. The van der Waals surface area contributed by atoms with Crippen LogP contribution in [0.15, 0.2) is 12.3 Å². The van der Waals surface area contributed by atoms with Crippen LogP contribution in [0.2, 0.25) is 0 Å². The van der Waals surface area contributed by atoms with Crippen molar-refractivity contribution in [3.63, 3.8) is 0 Å². The van der Waals surface area contributed by atoms with Crippen molar-refractivity contribution in [3.05, 3.63) is 12.3 Å². The van der Waals surface area contributed by atoms with E-state index < -0.39 is 6.09 Å². The number of aliphatic hydroxyl groups is 1. The van der Waals surface area contributed by atoms with E-state index in [1.165, 1.54) is 7.11 Å². The summed E-state index contributed by atoms with van der Waals surface area (Å²) in [5.74, 6) is 0. The van der Waals surface area contributed by atoms with Crippen LogP contribution in [-0.4, -0.2) is 48.9 Å². The van der Waals surface area contributed by atoms with Gasteiger partial charge in [-0.15, -0.1) is 0 Å². The SMILES string of the molecule is C=C(CNC(=O)OC)N1CCC(O)C1. The van der Waals surface area contributed by atoms with E-state index in [0.29, 0.717) is 13.1 Å². The Kier molecular flexibility index (Phi) is 3.76. The average Bonchev–Trinajstić information content (AvgIpc) is 2.60. The summed E-state index contributed by atoms with van der Waals surface area (Å²) >= 11 is 0. The molecule has 1 atom stereocenters. The highest BCUT2D eigenvalue weighted by atomic mass is 16.5. The van der Waals surface area contributed by atoms with E-state index >= 15 is 0 Å². The number of carbonyl (C=O) groups excluding carboxylic acids is 1. The van der Waals surface area contributed by atoms with Crippen LogP contribution in [0.3, 0.4) is 0 Å². The molecule has 1 unspecified atom stereocenters. The molecule has 0 aromatic carbocycles. The summed E-state index contributed by atoms with van der Waals surface area (Å²) in [4.78, 5) is 12.7. The second-order valence-electron chi connectivity index (χ2n) is 3.30. The Hall–Kier alpha value is -1.23. The van der Waals surface area contributed by atoms with Crippen LogP contribution in [0.4, 0.5) is 4.79 Å². The summed E-state index contributed by atoms with van der Waals surface area (Å²) < 4.78 is 4.43. The van der Waals surface area contributed by atoms with Gasteiger partial charge in [-0.1, -0.05) is 6.58 Å². The number of β-amino-alcohol motifs (C(OH)–C–C–N with tert-alkyl or cyclic N) is 1. The zero-order valence-electron chi connectivity index (χ0n) is 8.32. The van der Waals surface area contributed by atoms with E-state index in [2.05, 4.69) is 16.6 Å². The van der Waals surface area contributed by atoms with Crippen LogP contribution in [-0.2, 0) is 4.74 Å². The Balaban J connectivity index is 2.25. The van der Waals surface area contributed by atoms with Gasteiger partial charge in [-0.3, -0.25) is 0 Å². The van der Waals surface area contributed by atoms with Gasteiger partial charge in [0.05, 0.1) is 19.8 Å². The number of aliphatic hydroxyl groups excluding tert-OH is 1. The number of hydrogen-bond acceptors (Lipinski definition) is 4. The first kappa shape index (κ1) is 10.8. The van der Waals surface area contributed by atoms with Crippen LogP contribution < -0.4 is 5.32 Å². The second kappa shape index (κ2) is 4.85. The van der Waals surface area contributed by atoms with E-state index in [-0.39, 0.29) is 6.10 Å².